The lowest BCUT2D eigenvalue weighted by Crippen LogP contribution is -2.27. The zero-order chi connectivity index (χ0) is 23.1. The minimum atomic E-state index is -4.40. The molecule has 1 saturated heterocycles. The zero-order valence-electron chi connectivity index (χ0n) is 17.7. The number of hydrogen-bond donors (Lipinski definition) is 3. The van der Waals surface area contributed by atoms with Gasteiger partial charge in [-0.3, -0.25) is 9.59 Å². The molecule has 9 heteroatoms. The zero-order valence-corrected chi connectivity index (χ0v) is 18.4. The van der Waals surface area contributed by atoms with Gasteiger partial charge in [-0.1, -0.05) is 31.0 Å². The SMILES string of the molecule is CCC1CCNCC1.O=C(CCC(F)(F)F)Nc1cc(CC2(C(=O)O)CC2)ccc1Cl. The Hall–Kier alpha value is -1.80. The lowest BCUT2D eigenvalue weighted by Gasteiger charge is -2.20. The van der Waals surface area contributed by atoms with Gasteiger partial charge in [0.2, 0.25) is 5.91 Å². The number of carbonyl (C=O) groups excluding carboxylic acids is 1. The average molecular weight is 463 g/mol. The monoisotopic (exact) mass is 462 g/mol. The van der Waals surface area contributed by atoms with Gasteiger partial charge in [-0.15, -0.1) is 0 Å². The molecule has 174 valence electrons. The van der Waals surface area contributed by atoms with E-state index in [9.17, 15) is 27.9 Å². The summed E-state index contributed by atoms with van der Waals surface area (Å²) in [5.74, 6) is -0.639. The van der Waals surface area contributed by atoms with Crippen molar-refractivity contribution in [2.24, 2.45) is 11.3 Å². The summed E-state index contributed by atoms with van der Waals surface area (Å²) in [4.78, 5) is 22.8. The Morgan fingerprint density at radius 1 is 1.26 bits per heavy atom. The predicted octanol–water partition coefficient (Wildman–Crippen LogP) is 5.42. The van der Waals surface area contributed by atoms with Crippen molar-refractivity contribution in [2.75, 3.05) is 18.4 Å². The molecule has 1 aliphatic carbocycles. The molecule has 1 aliphatic heterocycles. The normalized spacial score (nSPS) is 18.0. The van der Waals surface area contributed by atoms with Crippen molar-refractivity contribution in [1.82, 2.24) is 5.32 Å². The largest absolute Gasteiger partial charge is 0.481 e. The van der Waals surface area contributed by atoms with Gasteiger partial charge in [0.1, 0.15) is 0 Å². The van der Waals surface area contributed by atoms with Crippen LogP contribution in [0.5, 0.6) is 0 Å². The Labute approximate surface area is 185 Å². The van der Waals surface area contributed by atoms with E-state index in [0.717, 1.165) is 5.92 Å². The van der Waals surface area contributed by atoms with Crippen molar-refractivity contribution < 1.29 is 27.9 Å². The van der Waals surface area contributed by atoms with Crippen molar-refractivity contribution in [3.05, 3.63) is 28.8 Å². The van der Waals surface area contributed by atoms with Gasteiger partial charge < -0.3 is 15.7 Å². The average Bonchev–Trinajstić information content (AvgIpc) is 3.50. The van der Waals surface area contributed by atoms with Gasteiger partial charge in [0.15, 0.2) is 0 Å². The molecule has 0 radical (unpaired) electrons. The Kier molecular flexibility index (Phi) is 9.18. The molecule has 0 atom stereocenters. The summed E-state index contributed by atoms with van der Waals surface area (Å²) in [5, 5.41) is 15.1. The van der Waals surface area contributed by atoms with E-state index >= 15 is 0 Å². The van der Waals surface area contributed by atoms with Gasteiger partial charge in [0, 0.05) is 6.42 Å². The second-order valence-electron chi connectivity index (χ2n) is 8.34. The lowest BCUT2D eigenvalue weighted by molar-refractivity contribution is -0.143. The minimum absolute atomic E-state index is 0.189. The van der Waals surface area contributed by atoms with Gasteiger partial charge in [0.25, 0.3) is 0 Å². The number of benzene rings is 1. The minimum Gasteiger partial charge on any atom is -0.481 e. The molecule has 2 aliphatic rings. The van der Waals surface area contributed by atoms with E-state index in [4.69, 9.17) is 11.6 Å². The third kappa shape index (κ3) is 8.69. The van der Waals surface area contributed by atoms with Crippen LogP contribution >= 0.6 is 11.6 Å². The van der Waals surface area contributed by atoms with Crippen LogP contribution in [0.25, 0.3) is 0 Å². The van der Waals surface area contributed by atoms with Crippen LogP contribution < -0.4 is 10.6 Å². The maximum atomic E-state index is 12.1. The number of anilines is 1. The summed E-state index contributed by atoms with van der Waals surface area (Å²) >= 11 is 5.93. The van der Waals surface area contributed by atoms with Gasteiger partial charge >= 0.3 is 12.1 Å². The van der Waals surface area contributed by atoms with Crippen LogP contribution in [0.1, 0.15) is 57.4 Å². The highest BCUT2D eigenvalue weighted by Crippen LogP contribution is 2.49. The van der Waals surface area contributed by atoms with Crippen LogP contribution in [-0.4, -0.2) is 36.2 Å². The molecular weight excluding hydrogens is 433 g/mol. The Morgan fingerprint density at radius 3 is 2.39 bits per heavy atom. The fraction of sp³-hybridized carbons (Fsp3) is 0.636. The van der Waals surface area contributed by atoms with E-state index in [1.807, 2.05) is 0 Å². The van der Waals surface area contributed by atoms with Crippen LogP contribution in [0.3, 0.4) is 0 Å². The number of carbonyl (C=O) groups is 2. The van der Waals surface area contributed by atoms with Crippen LogP contribution in [0.4, 0.5) is 18.9 Å². The Bertz CT molecular complexity index is 761. The summed E-state index contributed by atoms with van der Waals surface area (Å²) in [6.07, 6.45) is -0.666. The molecule has 0 aromatic heterocycles. The fourth-order valence-electron chi connectivity index (χ4n) is 3.54. The highest BCUT2D eigenvalue weighted by molar-refractivity contribution is 6.33. The number of halogens is 4. The number of carboxylic acid groups (broad SMARTS) is 1. The molecule has 1 heterocycles. The number of amides is 1. The molecule has 1 saturated carbocycles. The summed E-state index contributed by atoms with van der Waals surface area (Å²) in [6, 6.07) is 4.65. The van der Waals surface area contributed by atoms with Crippen molar-refractivity contribution in [3.63, 3.8) is 0 Å². The number of alkyl halides is 3. The molecule has 0 spiro atoms. The molecular formula is C22H30ClF3N2O3. The highest BCUT2D eigenvalue weighted by atomic mass is 35.5. The molecule has 1 amide bonds. The van der Waals surface area contributed by atoms with Crippen LogP contribution in [0.2, 0.25) is 5.02 Å². The summed E-state index contributed by atoms with van der Waals surface area (Å²) in [5.41, 5.74) is 0.0868. The van der Waals surface area contributed by atoms with E-state index in [-0.39, 0.29) is 10.7 Å². The van der Waals surface area contributed by atoms with E-state index in [2.05, 4.69) is 17.6 Å². The van der Waals surface area contributed by atoms with Crippen LogP contribution in [0, 0.1) is 11.3 Å². The number of carboxylic acids is 1. The molecule has 3 rings (SSSR count). The third-order valence-corrected chi connectivity index (χ3v) is 6.16. The number of hydrogen-bond acceptors (Lipinski definition) is 3. The quantitative estimate of drug-likeness (QED) is 0.505. The topological polar surface area (TPSA) is 78.4 Å². The van der Waals surface area contributed by atoms with E-state index in [0.29, 0.717) is 24.8 Å². The Balaban J connectivity index is 0.000000357. The molecule has 31 heavy (non-hydrogen) atoms. The molecule has 1 aromatic carbocycles. The number of nitrogens with one attached hydrogen (secondary N) is 2. The first-order valence-electron chi connectivity index (χ1n) is 10.6. The van der Waals surface area contributed by atoms with Crippen molar-refractivity contribution in [2.45, 2.75) is 64.5 Å². The van der Waals surface area contributed by atoms with Gasteiger partial charge in [-0.05, 0) is 68.8 Å². The van der Waals surface area contributed by atoms with E-state index in [1.165, 1.54) is 44.5 Å². The predicted molar refractivity (Wildman–Crippen MR) is 114 cm³/mol. The van der Waals surface area contributed by atoms with Crippen LogP contribution in [0.15, 0.2) is 18.2 Å². The maximum Gasteiger partial charge on any atom is 0.389 e. The van der Waals surface area contributed by atoms with Gasteiger partial charge in [-0.25, -0.2) is 0 Å². The first-order valence-corrected chi connectivity index (χ1v) is 11.0. The van der Waals surface area contributed by atoms with Crippen molar-refractivity contribution in [3.8, 4) is 0 Å². The van der Waals surface area contributed by atoms with Crippen molar-refractivity contribution >= 4 is 29.2 Å². The molecule has 5 nitrogen and oxygen atoms in total. The highest BCUT2D eigenvalue weighted by Gasteiger charge is 2.50. The second kappa shape index (κ2) is 11.2. The summed E-state index contributed by atoms with van der Waals surface area (Å²) < 4.78 is 36.3. The summed E-state index contributed by atoms with van der Waals surface area (Å²) in [6.45, 7) is 4.78. The molecule has 0 bridgehead atoms. The third-order valence-electron chi connectivity index (χ3n) is 5.83. The van der Waals surface area contributed by atoms with Gasteiger partial charge in [-0.2, -0.15) is 13.2 Å². The molecule has 1 aromatic rings. The second-order valence-corrected chi connectivity index (χ2v) is 8.75. The Morgan fingerprint density at radius 2 is 1.90 bits per heavy atom. The number of piperidine rings is 1. The summed E-state index contributed by atoms with van der Waals surface area (Å²) in [7, 11) is 0. The van der Waals surface area contributed by atoms with E-state index in [1.54, 1.807) is 6.07 Å². The number of rotatable bonds is 7. The molecule has 2 fully saturated rings. The van der Waals surface area contributed by atoms with Crippen LogP contribution in [-0.2, 0) is 16.0 Å². The first-order chi connectivity index (χ1) is 14.5. The van der Waals surface area contributed by atoms with Gasteiger partial charge in [0.05, 0.1) is 22.5 Å². The smallest absolute Gasteiger partial charge is 0.389 e. The fourth-order valence-corrected chi connectivity index (χ4v) is 3.71. The number of aliphatic carboxylic acids is 1. The molecule has 0 unspecified atom stereocenters. The lowest BCUT2D eigenvalue weighted by atomic mass is 9.96. The van der Waals surface area contributed by atoms with E-state index < -0.39 is 36.3 Å². The van der Waals surface area contributed by atoms with Crippen molar-refractivity contribution in [1.29, 1.82) is 0 Å². The standard InChI is InChI=1S/C15H15ClF3NO3.C7H15N/c16-10-2-1-9(8-14(5-6-14)13(22)23)7-11(10)20-12(21)3-4-15(17,18)19;1-2-7-3-5-8-6-4-7/h1-2,7H,3-6,8H2,(H,20,21)(H,22,23);7-8H,2-6H2,1H3. The first kappa shape index (κ1) is 25.5. The maximum absolute atomic E-state index is 12.1. The molecule has 3 N–H and O–H groups in total.